The number of aryl methyl sites for hydroxylation is 1. The Morgan fingerprint density at radius 2 is 2.40 bits per heavy atom. The van der Waals surface area contributed by atoms with Crippen molar-refractivity contribution in [2.45, 2.75) is 25.6 Å². The zero-order valence-electron chi connectivity index (χ0n) is 11.2. The number of carbonyl (C=O) groups excluding carboxylic acids is 1. The summed E-state index contributed by atoms with van der Waals surface area (Å²) < 4.78 is 10.4. The number of benzene rings is 1. The predicted molar refractivity (Wildman–Crippen MR) is 70.1 cm³/mol. The second-order valence-corrected chi connectivity index (χ2v) is 4.56. The number of hydrogen-bond acceptors (Lipinski definition) is 5. The lowest BCUT2D eigenvalue weighted by Crippen LogP contribution is -2.44. The topological polar surface area (TPSA) is 105 Å². The third-order valence-electron chi connectivity index (χ3n) is 3.10. The van der Waals surface area contributed by atoms with E-state index in [4.69, 9.17) is 15.0 Å². The van der Waals surface area contributed by atoms with Gasteiger partial charge in [0.25, 0.3) is 0 Å². The summed E-state index contributed by atoms with van der Waals surface area (Å²) in [6.07, 6.45) is 0. The molecule has 20 heavy (non-hydrogen) atoms. The zero-order chi connectivity index (χ0) is 14.8. The molecule has 2 rings (SSSR count). The standard InChI is InChI=1S/C13H15N3O4/c1-3-19-12(17)11-9-6-8(2)4-5-10(9)20-13(11,18)7-15-16-14/h4-6,11,18H,3,7H2,1-2H3. The van der Waals surface area contributed by atoms with Crippen molar-refractivity contribution >= 4 is 5.97 Å². The molecular formula is C13H15N3O4. The van der Waals surface area contributed by atoms with Crippen LogP contribution in [0.5, 0.6) is 5.75 Å². The van der Waals surface area contributed by atoms with Crippen molar-refractivity contribution < 1.29 is 19.4 Å². The Hall–Kier alpha value is -2.24. The van der Waals surface area contributed by atoms with Crippen LogP contribution in [-0.4, -0.2) is 30.0 Å². The third-order valence-corrected chi connectivity index (χ3v) is 3.10. The summed E-state index contributed by atoms with van der Waals surface area (Å²) in [5, 5.41) is 13.8. The highest BCUT2D eigenvalue weighted by molar-refractivity contribution is 5.82. The fourth-order valence-electron chi connectivity index (χ4n) is 2.27. The third kappa shape index (κ3) is 2.41. The number of esters is 1. The number of rotatable bonds is 4. The van der Waals surface area contributed by atoms with Gasteiger partial charge in [0.15, 0.2) is 5.92 Å². The van der Waals surface area contributed by atoms with Crippen LogP contribution in [0.25, 0.3) is 10.4 Å². The minimum atomic E-state index is -1.91. The maximum absolute atomic E-state index is 12.1. The van der Waals surface area contributed by atoms with Crippen LogP contribution in [0.1, 0.15) is 24.0 Å². The van der Waals surface area contributed by atoms with E-state index >= 15 is 0 Å². The molecule has 1 N–H and O–H groups in total. The van der Waals surface area contributed by atoms with E-state index in [9.17, 15) is 9.90 Å². The van der Waals surface area contributed by atoms with Crippen LogP contribution in [-0.2, 0) is 9.53 Å². The monoisotopic (exact) mass is 277 g/mol. The van der Waals surface area contributed by atoms with E-state index < -0.39 is 17.7 Å². The van der Waals surface area contributed by atoms with Crippen molar-refractivity contribution in [3.05, 3.63) is 39.8 Å². The maximum Gasteiger partial charge on any atom is 0.320 e. The van der Waals surface area contributed by atoms with Crippen molar-refractivity contribution in [2.24, 2.45) is 5.11 Å². The maximum atomic E-state index is 12.1. The summed E-state index contributed by atoms with van der Waals surface area (Å²) in [6, 6.07) is 5.23. The van der Waals surface area contributed by atoms with E-state index in [-0.39, 0.29) is 13.2 Å². The van der Waals surface area contributed by atoms with Crippen molar-refractivity contribution in [3.63, 3.8) is 0 Å². The highest BCUT2D eigenvalue weighted by Gasteiger charge is 2.52. The lowest BCUT2D eigenvalue weighted by molar-refractivity contribution is -0.170. The number of ether oxygens (including phenoxy) is 2. The number of carbonyl (C=O) groups is 1. The van der Waals surface area contributed by atoms with Crippen LogP contribution < -0.4 is 4.74 Å². The molecule has 2 unspecified atom stereocenters. The molecule has 0 saturated heterocycles. The molecule has 0 fully saturated rings. The summed E-state index contributed by atoms with van der Waals surface area (Å²) in [5.74, 6) is -3.14. The number of fused-ring (bicyclic) bond motifs is 1. The number of aliphatic hydroxyl groups is 1. The molecule has 7 nitrogen and oxygen atoms in total. The Balaban J connectivity index is 2.45. The first-order chi connectivity index (χ1) is 9.51. The minimum absolute atomic E-state index is 0.189. The fourth-order valence-corrected chi connectivity index (χ4v) is 2.27. The number of nitrogens with zero attached hydrogens (tertiary/aromatic N) is 3. The molecular weight excluding hydrogens is 262 g/mol. The Morgan fingerprint density at radius 3 is 3.05 bits per heavy atom. The van der Waals surface area contributed by atoms with Crippen LogP contribution in [0.15, 0.2) is 23.3 Å². The summed E-state index contributed by atoms with van der Waals surface area (Å²) in [5.41, 5.74) is 9.87. The van der Waals surface area contributed by atoms with Crippen LogP contribution in [0.2, 0.25) is 0 Å². The van der Waals surface area contributed by atoms with Gasteiger partial charge in [0, 0.05) is 10.5 Å². The molecule has 1 aromatic rings. The average Bonchev–Trinajstić information content (AvgIpc) is 2.69. The van der Waals surface area contributed by atoms with Crippen molar-refractivity contribution in [1.82, 2.24) is 0 Å². The average molecular weight is 277 g/mol. The molecule has 0 aliphatic carbocycles. The zero-order valence-corrected chi connectivity index (χ0v) is 11.2. The molecule has 106 valence electrons. The molecule has 0 bridgehead atoms. The van der Waals surface area contributed by atoms with Gasteiger partial charge in [-0.1, -0.05) is 22.8 Å². The summed E-state index contributed by atoms with van der Waals surface area (Å²) in [7, 11) is 0. The largest absolute Gasteiger partial charge is 0.465 e. The van der Waals surface area contributed by atoms with Gasteiger partial charge in [-0.2, -0.15) is 0 Å². The quantitative estimate of drug-likeness (QED) is 0.393. The smallest absolute Gasteiger partial charge is 0.320 e. The normalized spacial score (nSPS) is 23.4. The summed E-state index contributed by atoms with van der Waals surface area (Å²) in [6.45, 7) is 3.36. The first kappa shape index (κ1) is 14.2. The van der Waals surface area contributed by atoms with Crippen LogP contribution >= 0.6 is 0 Å². The second-order valence-electron chi connectivity index (χ2n) is 4.56. The van der Waals surface area contributed by atoms with Gasteiger partial charge < -0.3 is 14.6 Å². The van der Waals surface area contributed by atoms with Gasteiger partial charge >= 0.3 is 5.97 Å². The van der Waals surface area contributed by atoms with Crippen molar-refractivity contribution in [3.8, 4) is 5.75 Å². The molecule has 0 saturated carbocycles. The molecule has 1 aliphatic rings. The SMILES string of the molecule is CCOC(=O)C1c2cc(C)ccc2OC1(O)CN=[N+]=[N-]. The first-order valence-corrected chi connectivity index (χ1v) is 6.21. The predicted octanol–water partition coefficient (Wildman–Crippen LogP) is 2.03. The summed E-state index contributed by atoms with van der Waals surface area (Å²) >= 11 is 0. The fraction of sp³-hybridized carbons (Fsp3) is 0.462. The second kappa shape index (κ2) is 5.40. The molecule has 1 aromatic carbocycles. The van der Waals surface area contributed by atoms with E-state index in [0.29, 0.717) is 11.3 Å². The highest BCUT2D eigenvalue weighted by Crippen LogP contribution is 2.44. The Bertz CT molecular complexity index is 583. The van der Waals surface area contributed by atoms with E-state index in [0.717, 1.165) is 5.56 Å². The first-order valence-electron chi connectivity index (χ1n) is 6.21. The minimum Gasteiger partial charge on any atom is -0.465 e. The van der Waals surface area contributed by atoms with Gasteiger partial charge in [-0.25, -0.2) is 0 Å². The molecule has 0 amide bonds. The Kier molecular flexibility index (Phi) is 3.83. The summed E-state index contributed by atoms with van der Waals surface area (Å²) in [4.78, 5) is 14.7. The van der Waals surface area contributed by atoms with E-state index in [1.165, 1.54) is 0 Å². The van der Waals surface area contributed by atoms with Crippen LogP contribution in [0.4, 0.5) is 0 Å². The van der Waals surface area contributed by atoms with Gasteiger partial charge in [-0.3, -0.25) is 4.79 Å². The molecule has 0 aromatic heterocycles. The van der Waals surface area contributed by atoms with Crippen LogP contribution in [0, 0.1) is 6.92 Å². The lowest BCUT2D eigenvalue weighted by atomic mass is 9.91. The van der Waals surface area contributed by atoms with Gasteiger partial charge in [-0.05, 0) is 25.4 Å². The molecule has 0 radical (unpaired) electrons. The van der Waals surface area contributed by atoms with Gasteiger partial charge in [0.1, 0.15) is 5.75 Å². The Labute approximate surface area is 115 Å². The number of hydrogen-bond donors (Lipinski definition) is 1. The van der Waals surface area contributed by atoms with E-state index in [1.807, 2.05) is 6.92 Å². The van der Waals surface area contributed by atoms with E-state index in [2.05, 4.69) is 10.0 Å². The Morgan fingerprint density at radius 1 is 1.65 bits per heavy atom. The molecule has 1 aliphatic heterocycles. The van der Waals surface area contributed by atoms with Crippen molar-refractivity contribution in [1.29, 1.82) is 0 Å². The van der Waals surface area contributed by atoms with Crippen molar-refractivity contribution in [2.75, 3.05) is 13.2 Å². The van der Waals surface area contributed by atoms with Gasteiger partial charge in [-0.15, -0.1) is 0 Å². The molecule has 1 heterocycles. The van der Waals surface area contributed by atoms with Gasteiger partial charge in [0.2, 0.25) is 5.79 Å². The molecule has 0 spiro atoms. The lowest BCUT2D eigenvalue weighted by Gasteiger charge is -2.25. The molecule has 2 atom stereocenters. The van der Waals surface area contributed by atoms with E-state index in [1.54, 1.807) is 25.1 Å². The van der Waals surface area contributed by atoms with Gasteiger partial charge in [0.05, 0.1) is 13.2 Å². The highest BCUT2D eigenvalue weighted by atomic mass is 16.6. The molecule has 7 heteroatoms. The van der Waals surface area contributed by atoms with Crippen LogP contribution in [0.3, 0.4) is 0 Å². The number of azide groups is 1.